The van der Waals surface area contributed by atoms with E-state index in [1.807, 2.05) is 13.0 Å². The van der Waals surface area contributed by atoms with Crippen molar-refractivity contribution >= 4 is 16.7 Å². The molecule has 3 rings (SSSR count). The van der Waals surface area contributed by atoms with E-state index >= 15 is 0 Å². The van der Waals surface area contributed by atoms with Gasteiger partial charge in [-0.15, -0.1) is 0 Å². The van der Waals surface area contributed by atoms with Crippen LogP contribution in [-0.2, 0) is 6.42 Å². The van der Waals surface area contributed by atoms with Crippen LogP contribution < -0.4 is 10.4 Å². The zero-order valence-electron chi connectivity index (χ0n) is 16.3. The molecule has 0 spiro atoms. The van der Waals surface area contributed by atoms with Crippen molar-refractivity contribution in [2.75, 3.05) is 0 Å². The van der Waals surface area contributed by atoms with Crippen molar-refractivity contribution in [2.45, 2.75) is 46.5 Å². The van der Waals surface area contributed by atoms with Gasteiger partial charge < -0.3 is 9.15 Å². The number of hydrogen-bond acceptors (Lipinski definition) is 4. The lowest BCUT2D eigenvalue weighted by atomic mass is 10.00. The molecule has 0 bridgehead atoms. The molecule has 3 aromatic rings. The average Bonchev–Trinajstić information content (AvgIpc) is 2.64. The Hall–Kier alpha value is -2.95. The van der Waals surface area contributed by atoms with Gasteiger partial charge in [0.1, 0.15) is 11.1 Å². The summed E-state index contributed by atoms with van der Waals surface area (Å²) >= 11 is 0. The van der Waals surface area contributed by atoms with Gasteiger partial charge in [-0.2, -0.15) is 0 Å². The molecule has 0 aliphatic heterocycles. The van der Waals surface area contributed by atoms with Crippen molar-refractivity contribution in [3.05, 3.63) is 75.1 Å². The van der Waals surface area contributed by atoms with E-state index in [2.05, 4.69) is 6.92 Å². The molecule has 2 aromatic carbocycles. The predicted octanol–water partition coefficient (Wildman–Crippen LogP) is 5.50. The quantitative estimate of drug-likeness (QED) is 0.321. The molecule has 146 valence electrons. The molecule has 0 fully saturated rings. The van der Waals surface area contributed by atoms with Crippen molar-refractivity contribution in [3.8, 4) is 5.75 Å². The summed E-state index contributed by atoms with van der Waals surface area (Å²) in [5.41, 5.74) is 1.74. The van der Waals surface area contributed by atoms with E-state index < -0.39 is 17.4 Å². The summed E-state index contributed by atoms with van der Waals surface area (Å²) in [6.45, 7) is 5.71. The lowest BCUT2D eigenvalue weighted by Gasteiger charge is -2.10. The summed E-state index contributed by atoms with van der Waals surface area (Å²) in [5, 5.41) is 0.177. The molecule has 5 heteroatoms. The van der Waals surface area contributed by atoms with Crippen molar-refractivity contribution in [3.63, 3.8) is 0 Å². The van der Waals surface area contributed by atoms with E-state index in [9.17, 15) is 14.0 Å². The van der Waals surface area contributed by atoms with Gasteiger partial charge in [0.05, 0.1) is 5.56 Å². The molecule has 1 heterocycles. The van der Waals surface area contributed by atoms with E-state index in [0.717, 1.165) is 31.2 Å². The lowest BCUT2D eigenvalue weighted by molar-refractivity contribution is 0.0728. The van der Waals surface area contributed by atoms with E-state index in [4.69, 9.17) is 9.15 Å². The summed E-state index contributed by atoms with van der Waals surface area (Å²) in [7, 11) is 0. The van der Waals surface area contributed by atoms with Crippen molar-refractivity contribution in [1.82, 2.24) is 0 Å². The Bertz CT molecular complexity index is 1080. The van der Waals surface area contributed by atoms with Crippen LogP contribution in [0, 0.1) is 19.7 Å². The van der Waals surface area contributed by atoms with Crippen LogP contribution in [0.2, 0.25) is 0 Å². The lowest BCUT2D eigenvalue weighted by Crippen LogP contribution is -2.12. The Labute approximate surface area is 162 Å². The van der Waals surface area contributed by atoms with Gasteiger partial charge in [0.25, 0.3) is 0 Å². The van der Waals surface area contributed by atoms with Crippen LogP contribution in [0.5, 0.6) is 5.75 Å². The smallest absolute Gasteiger partial charge is 0.346 e. The number of fused-ring (bicyclic) bond motifs is 1. The second-order valence-electron chi connectivity index (χ2n) is 6.97. The first-order valence-electron chi connectivity index (χ1n) is 9.45. The first-order chi connectivity index (χ1) is 13.4. The fourth-order valence-corrected chi connectivity index (χ4v) is 3.25. The molecule has 0 unspecified atom stereocenters. The first-order valence-corrected chi connectivity index (χ1v) is 9.45. The number of carbonyl (C=O) groups is 1. The highest BCUT2D eigenvalue weighted by molar-refractivity contribution is 5.92. The molecule has 0 amide bonds. The maximum absolute atomic E-state index is 14.7. The van der Waals surface area contributed by atoms with Crippen LogP contribution >= 0.6 is 0 Å². The average molecular weight is 382 g/mol. The Morgan fingerprint density at radius 1 is 1.11 bits per heavy atom. The second kappa shape index (κ2) is 8.38. The van der Waals surface area contributed by atoms with Crippen molar-refractivity contribution in [1.29, 1.82) is 0 Å². The van der Waals surface area contributed by atoms with Crippen molar-refractivity contribution < 1.29 is 18.3 Å². The van der Waals surface area contributed by atoms with E-state index in [1.54, 1.807) is 25.1 Å². The van der Waals surface area contributed by atoms with Crippen LogP contribution in [0.4, 0.5) is 4.39 Å². The molecule has 0 aliphatic carbocycles. The fourth-order valence-electron chi connectivity index (χ4n) is 3.25. The Kier molecular flexibility index (Phi) is 5.93. The molecule has 0 atom stereocenters. The van der Waals surface area contributed by atoms with Gasteiger partial charge >= 0.3 is 11.6 Å². The summed E-state index contributed by atoms with van der Waals surface area (Å²) in [6, 6.07) is 9.79. The minimum Gasteiger partial charge on any atom is -0.428 e. The molecule has 0 aliphatic rings. The van der Waals surface area contributed by atoms with Gasteiger partial charge in [0.2, 0.25) is 0 Å². The predicted molar refractivity (Wildman–Crippen MR) is 107 cm³/mol. The molecule has 0 N–H and O–H groups in total. The topological polar surface area (TPSA) is 56.5 Å². The van der Waals surface area contributed by atoms with Gasteiger partial charge in [-0.25, -0.2) is 14.0 Å². The zero-order valence-corrected chi connectivity index (χ0v) is 16.3. The summed E-state index contributed by atoms with van der Waals surface area (Å²) in [5.74, 6) is -1.47. The number of halogens is 1. The third-order valence-corrected chi connectivity index (χ3v) is 4.79. The largest absolute Gasteiger partial charge is 0.428 e. The summed E-state index contributed by atoms with van der Waals surface area (Å²) in [4.78, 5) is 24.4. The number of aryl methyl sites for hydroxylation is 3. The molecular formula is C23H23FO4. The fraction of sp³-hybridized carbons (Fsp3) is 0.304. The van der Waals surface area contributed by atoms with Crippen LogP contribution in [0.1, 0.15) is 53.4 Å². The standard InChI is InChI=1S/C23H23FO4/c1-4-5-6-7-16-8-9-18(12-14(16)2)22(25)28-19-11-10-17-13-15(3)27-23(26)20(17)21(19)24/h8-13H,4-7H2,1-3H3. The maximum Gasteiger partial charge on any atom is 0.346 e. The Morgan fingerprint density at radius 2 is 1.89 bits per heavy atom. The normalized spacial score (nSPS) is 11.0. The molecule has 0 saturated carbocycles. The van der Waals surface area contributed by atoms with Crippen LogP contribution in [0.3, 0.4) is 0 Å². The van der Waals surface area contributed by atoms with Gasteiger partial charge in [0.15, 0.2) is 11.6 Å². The Balaban J connectivity index is 1.84. The minimum absolute atomic E-state index is 0.224. The van der Waals surface area contributed by atoms with Gasteiger partial charge in [-0.1, -0.05) is 31.9 Å². The van der Waals surface area contributed by atoms with E-state index in [-0.39, 0.29) is 11.1 Å². The maximum atomic E-state index is 14.7. The molecule has 0 saturated heterocycles. The Morgan fingerprint density at radius 3 is 2.61 bits per heavy atom. The second-order valence-corrected chi connectivity index (χ2v) is 6.97. The third-order valence-electron chi connectivity index (χ3n) is 4.79. The zero-order chi connectivity index (χ0) is 20.3. The number of hydrogen-bond donors (Lipinski definition) is 0. The number of esters is 1. The molecule has 28 heavy (non-hydrogen) atoms. The van der Waals surface area contributed by atoms with E-state index in [0.29, 0.717) is 16.7 Å². The van der Waals surface area contributed by atoms with Gasteiger partial charge in [-0.3, -0.25) is 0 Å². The highest BCUT2D eigenvalue weighted by Gasteiger charge is 2.17. The number of benzene rings is 2. The number of unbranched alkanes of at least 4 members (excludes halogenated alkanes) is 2. The number of ether oxygens (including phenoxy) is 1. The first kappa shape index (κ1) is 19.8. The van der Waals surface area contributed by atoms with Crippen LogP contribution in [0.25, 0.3) is 10.8 Å². The highest BCUT2D eigenvalue weighted by Crippen LogP contribution is 2.26. The SMILES string of the molecule is CCCCCc1ccc(C(=O)Oc2ccc3cc(C)oc(=O)c3c2F)cc1C. The summed E-state index contributed by atoms with van der Waals surface area (Å²) in [6.07, 6.45) is 4.38. The molecule has 4 nitrogen and oxygen atoms in total. The monoisotopic (exact) mass is 382 g/mol. The molecular weight excluding hydrogens is 359 g/mol. The number of carbonyl (C=O) groups excluding carboxylic acids is 1. The molecule has 0 radical (unpaired) electrons. The van der Waals surface area contributed by atoms with Gasteiger partial charge in [0, 0.05) is 0 Å². The van der Waals surface area contributed by atoms with Crippen molar-refractivity contribution in [2.24, 2.45) is 0 Å². The minimum atomic E-state index is -0.896. The van der Waals surface area contributed by atoms with Crippen LogP contribution in [0.15, 0.2) is 45.6 Å². The van der Waals surface area contributed by atoms with Crippen LogP contribution in [-0.4, -0.2) is 5.97 Å². The molecule has 1 aromatic heterocycles. The summed E-state index contributed by atoms with van der Waals surface area (Å²) < 4.78 is 24.9. The third kappa shape index (κ3) is 4.14. The highest BCUT2D eigenvalue weighted by atomic mass is 19.1. The van der Waals surface area contributed by atoms with E-state index in [1.165, 1.54) is 17.7 Å². The number of rotatable bonds is 6. The van der Waals surface area contributed by atoms with Gasteiger partial charge in [-0.05, 0) is 67.5 Å².